The molecular formula is C21H20N4O. The largest absolute Gasteiger partial charge is 0.495 e. The molecule has 0 radical (unpaired) electrons. The van der Waals surface area contributed by atoms with E-state index in [1.807, 2.05) is 31.3 Å². The molecule has 2 N–H and O–H groups in total. The lowest BCUT2D eigenvalue weighted by molar-refractivity contribution is 0.417. The molecule has 5 nitrogen and oxygen atoms in total. The van der Waals surface area contributed by atoms with Crippen LogP contribution in [-0.4, -0.2) is 25.7 Å². The van der Waals surface area contributed by atoms with E-state index in [2.05, 4.69) is 46.5 Å². The molecular weight excluding hydrogens is 324 g/mol. The van der Waals surface area contributed by atoms with Gasteiger partial charge in [-0.1, -0.05) is 24.8 Å². The van der Waals surface area contributed by atoms with Crippen LogP contribution in [0.15, 0.2) is 60.8 Å². The summed E-state index contributed by atoms with van der Waals surface area (Å²) in [6.45, 7) is 4.09. The van der Waals surface area contributed by atoms with E-state index >= 15 is 0 Å². The van der Waals surface area contributed by atoms with Gasteiger partial charge in [-0.3, -0.25) is 4.98 Å². The molecule has 0 atom stereocenters. The summed E-state index contributed by atoms with van der Waals surface area (Å²) in [5.41, 5.74) is 4.19. The number of benzene rings is 2. The van der Waals surface area contributed by atoms with E-state index in [1.54, 1.807) is 13.3 Å². The Morgan fingerprint density at radius 3 is 2.77 bits per heavy atom. The summed E-state index contributed by atoms with van der Waals surface area (Å²) in [7, 11) is 3.52. The summed E-state index contributed by atoms with van der Waals surface area (Å²) in [6.07, 6.45) is 1.78. The van der Waals surface area contributed by atoms with Crippen molar-refractivity contribution < 1.29 is 4.74 Å². The number of pyridine rings is 1. The molecule has 0 aliphatic heterocycles. The van der Waals surface area contributed by atoms with E-state index in [-0.39, 0.29) is 0 Å². The van der Waals surface area contributed by atoms with E-state index in [1.165, 1.54) is 0 Å². The highest BCUT2D eigenvalue weighted by Crippen LogP contribution is 2.35. The molecule has 0 aliphatic rings. The van der Waals surface area contributed by atoms with Crippen LogP contribution in [0.25, 0.3) is 22.0 Å². The quantitative estimate of drug-likeness (QED) is 0.647. The molecule has 2 aromatic carbocycles. The first-order valence-corrected chi connectivity index (χ1v) is 8.23. The number of anilines is 2. The lowest BCUT2D eigenvalue weighted by atomic mass is 10.0. The lowest BCUT2D eigenvalue weighted by Crippen LogP contribution is -2.05. The Bertz CT molecular complexity index is 1000. The summed E-state index contributed by atoms with van der Waals surface area (Å²) in [4.78, 5) is 4.48. The SMILES string of the molecule is C=C(C#N)CNc1c(OC)ccc2ccc(-c3cc(NC)ccn3)cc12. The van der Waals surface area contributed by atoms with Crippen molar-refractivity contribution in [2.45, 2.75) is 0 Å². The Balaban J connectivity index is 2.11. The van der Waals surface area contributed by atoms with Crippen LogP contribution in [0.5, 0.6) is 5.75 Å². The first kappa shape index (κ1) is 17.3. The van der Waals surface area contributed by atoms with Gasteiger partial charge in [-0.25, -0.2) is 0 Å². The molecule has 0 fully saturated rings. The van der Waals surface area contributed by atoms with Gasteiger partial charge in [-0.15, -0.1) is 0 Å². The zero-order valence-electron chi connectivity index (χ0n) is 14.8. The third-order valence-electron chi connectivity index (χ3n) is 4.18. The van der Waals surface area contributed by atoms with Gasteiger partial charge in [0.25, 0.3) is 0 Å². The second kappa shape index (κ2) is 7.58. The van der Waals surface area contributed by atoms with Crippen molar-refractivity contribution in [1.29, 1.82) is 5.26 Å². The molecule has 0 unspecified atom stereocenters. The lowest BCUT2D eigenvalue weighted by Gasteiger charge is -2.15. The Morgan fingerprint density at radius 2 is 2.04 bits per heavy atom. The fourth-order valence-electron chi connectivity index (χ4n) is 2.79. The summed E-state index contributed by atoms with van der Waals surface area (Å²) < 4.78 is 5.50. The second-order valence-corrected chi connectivity index (χ2v) is 5.83. The van der Waals surface area contributed by atoms with Gasteiger partial charge in [-0.05, 0) is 29.7 Å². The molecule has 0 saturated heterocycles. The Morgan fingerprint density at radius 1 is 1.23 bits per heavy atom. The topological polar surface area (TPSA) is 70.0 Å². The molecule has 3 aromatic rings. The molecule has 0 bridgehead atoms. The fourth-order valence-corrected chi connectivity index (χ4v) is 2.79. The van der Waals surface area contributed by atoms with E-state index in [9.17, 15) is 0 Å². The molecule has 1 heterocycles. The minimum Gasteiger partial charge on any atom is -0.495 e. The molecule has 5 heteroatoms. The van der Waals surface area contributed by atoms with Gasteiger partial charge in [0.2, 0.25) is 0 Å². The molecule has 0 spiro atoms. The average molecular weight is 344 g/mol. The van der Waals surface area contributed by atoms with Crippen molar-refractivity contribution in [1.82, 2.24) is 4.98 Å². The van der Waals surface area contributed by atoms with Gasteiger partial charge < -0.3 is 15.4 Å². The monoisotopic (exact) mass is 344 g/mol. The molecule has 0 aliphatic carbocycles. The minimum absolute atomic E-state index is 0.365. The first-order chi connectivity index (χ1) is 12.7. The van der Waals surface area contributed by atoms with Crippen molar-refractivity contribution in [3.05, 3.63) is 60.8 Å². The number of ether oxygens (including phenoxy) is 1. The van der Waals surface area contributed by atoms with Gasteiger partial charge in [0.15, 0.2) is 0 Å². The van der Waals surface area contributed by atoms with Crippen molar-refractivity contribution in [2.75, 3.05) is 31.3 Å². The number of hydrogen-bond acceptors (Lipinski definition) is 5. The van der Waals surface area contributed by atoms with Gasteiger partial charge in [0.05, 0.1) is 24.6 Å². The molecule has 0 saturated carbocycles. The number of methoxy groups -OCH3 is 1. The van der Waals surface area contributed by atoms with Crippen molar-refractivity contribution in [2.24, 2.45) is 0 Å². The van der Waals surface area contributed by atoms with Crippen LogP contribution in [0, 0.1) is 11.3 Å². The summed E-state index contributed by atoms with van der Waals surface area (Å²) in [5, 5.41) is 17.4. The predicted molar refractivity (Wildman–Crippen MR) is 107 cm³/mol. The number of aromatic nitrogens is 1. The minimum atomic E-state index is 0.365. The van der Waals surface area contributed by atoms with Crippen LogP contribution < -0.4 is 15.4 Å². The average Bonchev–Trinajstić information content (AvgIpc) is 2.71. The molecule has 3 rings (SSSR count). The van der Waals surface area contributed by atoms with Crippen LogP contribution in [0.1, 0.15) is 0 Å². The number of hydrogen-bond donors (Lipinski definition) is 2. The van der Waals surface area contributed by atoms with Gasteiger partial charge in [0.1, 0.15) is 5.75 Å². The predicted octanol–water partition coefficient (Wildman–Crippen LogP) is 4.44. The van der Waals surface area contributed by atoms with Gasteiger partial charge in [-0.2, -0.15) is 5.26 Å². The Labute approximate surface area is 152 Å². The normalized spacial score (nSPS) is 10.2. The Kier molecular flexibility index (Phi) is 5.04. The highest BCUT2D eigenvalue weighted by Gasteiger charge is 2.11. The van der Waals surface area contributed by atoms with Crippen molar-refractivity contribution in [3.63, 3.8) is 0 Å². The number of fused-ring (bicyclic) bond motifs is 1. The Hall–Kier alpha value is -3.52. The summed E-state index contributed by atoms with van der Waals surface area (Å²) in [6, 6.07) is 16.1. The standard InChI is InChI=1S/C21H20N4O/c1-14(12-22)13-25-21-18-10-16(19-11-17(23-2)8-9-24-19)5-4-15(18)6-7-20(21)26-3/h4-11,25H,1,13H2,2-3H3,(H,23,24). The van der Waals surface area contributed by atoms with Crippen molar-refractivity contribution >= 4 is 22.1 Å². The molecule has 1 aromatic heterocycles. The van der Waals surface area contributed by atoms with Crippen LogP contribution in [-0.2, 0) is 0 Å². The maximum Gasteiger partial charge on any atom is 0.142 e. The van der Waals surface area contributed by atoms with E-state index in [4.69, 9.17) is 10.00 Å². The maximum absolute atomic E-state index is 8.96. The highest BCUT2D eigenvalue weighted by molar-refractivity contribution is 5.99. The smallest absolute Gasteiger partial charge is 0.142 e. The maximum atomic E-state index is 8.96. The second-order valence-electron chi connectivity index (χ2n) is 5.83. The summed E-state index contributed by atoms with van der Waals surface area (Å²) in [5.74, 6) is 0.720. The number of nitrogens with zero attached hydrogens (tertiary/aromatic N) is 2. The molecule has 130 valence electrons. The summed E-state index contributed by atoms with van der Waals surface area (Å²) >= 11 is 0. The first-order valence-electron chi connectivity index (χ1n) is 8.23. The zero-order chi connectivity index (χ0) is 18.5. The van der Waals surface area contributed by atoms with Crippen LogP contribution in [0.3, 0.4) is 0 Å². The van der Waals surface area contributed by atoms with Crippen molar-refractivity contribution in [3.8, 4) is 23.1 Å². The number of nitrogens with one attached hydrogen (secondary N) is 2. The van der Waals surface area contributed by atoms with E-state index in [0.717, 1.165) is 39.2 Å². The fraction of sp³-hybridized carbons (Fsp3) is 0.143. The third-order valence-corrected chi connectivity index (χ3v) is 4.18. The number of rotatable bonds is 6. The van der Waals surface area contributed by atoms with Gasteiger partial charge in [0, 0.05) is 42.0 Å². The van der Waals surface area contributed by atoms with Crippen LogP contribution in [0.4, 0.5) is 11.4 Å². The zero-order valence-corrected chi connectivity index (χ0v) is 14.8. The van der Waals surface area contributed by atoms with Crippen LogP contribution in [0.2, 0.25) is 0 Å². The molecule has 0 amide bonds. The van der Waals surface area contributed by atoms with E-state index in [0.29, 0.717) is 12.1 Å². The number of nitriles is 1. The van der Waals surface area contributed by atoms with Crippen LogP contribution >= 0.6 is 0 Å². The van der Waals surface area contributed by atoms with Gasteiger partial charge >= 0.3 is 0 Å². The van der Waals surface area contributed by atoms with E-state index < -0.39 is 0 Å². The third kappa shape index (κ3) is 3.45. The highest BCUT2D eigenvalue weighted by atomic mass is 16.5. The molecule has 26 heavy (non-hydrogen) atoms.